The van der Waals surface area contributed by atoms with Crippen molar-refractivity contribution in [2.75, 3.05) is 0 Å². The Bertz CT molecular complexity index is 974. The van der Waals surface area contributed by atoms with E-state index in [1.807, 2.05) is 29.6 Å². The van der Waals surface area contributed by atoms with Crippen molar-refractivity contribution >= 4 is 21.4 Å². The van der Waals surface area contributed by atoms with Crippen molar-refractivity contribution in [2.24, 2.45) is 0 Å². The molecule has 2 aromatic heterocycles. The van der Waals surface area contributed by atoms with Gasteiger partial charge in [-0.1, -0.05) is 32.9 Å². The third-order valence-electron chi connectivity index (χ3n) is 3.95. The van der Waals surface area contributed by atoms with Gasteiger partial charge in [0.05, 0.1) is 17.1 Å². The molecule has 0 fully saturated rings. The summed E-state index contributed by atoms with van der Waals surface area (Å²) in [5, 5.41) is 2.61. The first-order chi connectivity index (χ1) is 12.3. The lowest BCUT2D eigenvalue weighted by molar-refractivity contribution is 0.578. The van der Waals surface area contributed by atoms with Gasteiger partial charge in [0.25, 0.3) is 0 Å². The van der Waals surface area contributed by atoms with Gasteiger partial charge in [-0.3, -0.25) is 4.98 Å². The highest BCUT2D eigenvalue weighted by atomic mass is 32.2. The highest BCUT2D eigenvalue weighted by molar-refractivity contribution is 7.89. The average molecular weight is 388 g/mol. The molecule has 0 spiro atoms. The topological polar surface area (TPSA) is 72.0 Å². The van der Waals surface area contributed by atoms with E-state index >= 15 is 0 Å². The van der Waals surface area contributed by atoms with Crippen LogP contribution in [0.1, 0.15) is 31.3 Å². The quantitative estimate of drug-likeness (QED) is 0.719. The van der Waals surface area contributed by atoms with Crippen molar-refractivity contribution in [1.29, 1.82) is 0 Å². The third-order valence-corrected chi connectivity index (χ3v) is 6.22. The van der Waals surface area contributed by atoms with E-state index in [-0.39, 0.29) is 16.9 Å². The molecule has 3 aromatic rings. The van der Waals surface area contributed by atoms with E-state index < -0.39 is 10.0 Å². The van der Waals surface area contributed by atoms with E-state index in [4.69, 9.17) is 0 Å². The Kier molecular flexibility index (Phi) is 5.22. The zero-order valence-corrected chi connectivity index (χ0v) is 16.6. The van der Waals surface area contributed by atoms with Gasteiger partial charge in [0.15, 0.2) is 0 Å². The van der Waals surface area contributed by atoms with Gasteiger partial charge in [-0.05, 0) is 35.2 Å². The zero-order chi connectivity index (χ0) is 18.8. The van der Waals surface area contributed by atoms with Gasteiger partial charge in [-0.2, -0.15) is 0 Å². The van der Waals surface area contributed by atoms with Gasteiger partial charge >= 0.3 is 0 Å². The second kappa shape index (κ2) is 7.26. The van der Waals surface area contributed by atoms with Gasteiger partial charge in [0.2, 0.25) is 10.0 Å². The molecule has 0 aliphatic carbocycles. The lowest BCUT2D eigenvalue weighted by Gasteiger charge is -2.19. The molecule has 0 saturated carbocycles. The number of rotatable bonds is 5. The first-order valence-electron chi connectivity index (χ1n) is 8.21. The van der Waals surface area contributed by atoms with Gasteiger partial charge in [-0.25, -0.2) is 18.1 Å². The second-order valence-electron chi connectivity index (χ2n) is 6.97. The van der Waals surface area contributed by atoms with Crippen molar-refractivity contribution < 1.29 is 8.42 Å². The molecule has 7 heteroatoms. The molecule has 136 valence electrons. The van der Waals surface area contributed by atoms with Gasteiger partial charge < -0.3 is 0 Å². The Hall–Kier alpha value is -2.09. The molecule has 5 nitrogen and oxygen atoms in total. The van der Waals surface area contributed by atoms with Crippen molar-refractivity contribution in [3.8, 4) is 11.3 Å². The third kappa shape index (κ3) is 4.35. The lowest BCUT2D eigenvalue weighted by Crippen LogP contribution is -2.23. The lowest BCUT2D eigenvalue weighted by atomic mass is 9.87. The Morgan fingerprint density at radius 2 is 1.85 bits per heavy atom. The summed E-state index contributed by atoms with van der Waals surface area (Å²) in [6.07, 6.45) is 3.44. The number of benzene rings is 1. The first-order valence-corrected chi connectivity index (χ1v) is 10.6. The Morgan fingerprint density at radius 3 is 2.46 bits per heavy atom. The van der Waals surface area contributed by atoms with Crippen molar-refractivity contribution in [3.05, 3.63) is 64.7 Å². The number of sulfonamides is 1. The van der Waals surface area contributed by atoms with Crippen LogP contribution in [0.15, 0.2) is 59.1 Å². The molecule has 0 unspecified atom stereocenters. The Morgan fingerprint density at radius 1 is 1.12 bits per heavy atom. The van der Waals surface area contributed by atoms with E-state index in [2.05, 4.69) is 35.5 Å². The highest BCUT2D eigenvalue weighted by Crippen LogP contribution is 2.24. The minimum absolute atomic E-state index is 0.0146. The fourth-order valence-corrected chi connectivity index (χ4v) is 4.24. The van der Waals surface area contributed by atoms with Crippen molar-refractivity contribution in [1.82, 2.24) is 14.7 Å². The summed E-state index contributed by atoms with van der Waals surface area (Å²) in [5.74, 6) is 0. The smallest absolute Gasteiger partial charge is 0.240 e. The number of nitrogens with one attached hydrogen (secondary N) is 1. The minimum atomic E-state index is -3.57. The van der Waals surface area contributed by atoms with E-state index in [1.54, 1.807) is 24.5 Å². The number of hydrogen-bond donors (Lipinski definition) is 1. The van der Waals surface area contributed by atoms with Crippen molar-refractivity contribution in [2.45, 2.75) is 37.6 Å². The molecule has 0 saturated heterocycles. The summed E-state index contributed by atoms with van der Waals surface area (Å²) in [4.78, 5) is 8.81. The minimum Gasteiger partial charge on any atom is -0.264 e. The molecule has 0 bridgehead atoms. The van der Waals surface area contributed by atoms with E-state index in [1.165, 1.54) is 11.3 Å². The molecule has 0 atom stereocenters. The van der Waals surface area contributed by atoms with Crippen LogP contribution in [0.4, 0.5) is 0 Å². The van der Waals surface area contributed by atoms with Crippen LogP contribution in [0.2, 0.25) is 0 Å². The highest BCUT2D eigenvalue weighted by Gasteiger charge is 2.18. The maximum absolute atomic E-state index is 12.5. The molecule has 0 aliphatic heterocycles. The van der Waals surface area contributed by atoms with Crippen LogP contribution in [0, 0.1) is 0 Å². The Labute approximate surface area is 158 Å². The fourth-order valence-electron chi connectivity index (χ4n) is 2.41. The molecule has 0 amide bonds. The van der Waals surface area contributed by atoms with Crippen molar-refractivity contribution in [3.63, 3.8) is 0 Å². The van der Waals surface area contributed by atoms with Gasteiger partial charge in [-0.15, -0.1) is 11.3 Å². The number of aromatic nitrogens is 2. The van der Waals surface area contributed by atoms with Crippen LogP contribution in [-0.4, -0.2) is 18.4 Å². The summed E-state index contributed by atoms with van der Waals surface area (Å²) in [6, 6.07) is 10.8. The molecule has 1 N–H and O–H groups in total. The van der Waals surface area contributed by atoms with E-state index in [0.717, 1.165) is 16.8 Å². The van der Waals surface area contributed by atoms with Crippen LogP contribution in [0.5, 0.6) is 0 Å². The molecular weight excluding hydrogens is 366 g/mol. The molecule has 0 radical (unpaired) electrons. The molecule has 2 heterocycles. The average Bonchev–Trinajstić information content (AvgIpc) is 3.09. The largest absolute Gasteiger partial charge is 0.264 e. The normalized spacial score (nSPS) is 12.3. The molecule has 26 heavy (non-hydrogen) atoms. The van der Waals surface area contributed by atoms with Crippen LogP contribution in [0.25, 0.3) is 11.3 Å². The van der Waals surface area contributed by atoms with E-state index in [9.17, 15) is 8.42 Å². The fraction of sp³-hybridized carbons (Fsp3) is 0.263. The van der Waals surface area contributed by atoms with Crippen LogP contribution in [0.3, 0.4) is 0 Å². The predicted molar refractivity (Wildman–Crippen MR) is 105 cm³/mol. The number of thiazole rings is 1. The zero-order valence-electron chi connectivity index (χ0n) is 14.9. The standard InChI is InChI=1S/C19H21N3O2S2/c1-19(2,3)15-6-8-16(9-7-15)26(23,24)21-12-18-22-17(13-25-18)14-5-4-10-20-11-14/h4-11,13,21H,12H2,1-3H3. The second-order valence-corrected chi connectivity index (χ2v) is 9.68. The summed E-state index contributed by atoms with van der Waals surface area (Å²) in [7, 11) is -3.57. The molecule has 3 rings (SSSR count). The van der Waals surface area contributed by atoms with Crippen LogP contribution >= 0.6 is 11.3 Å². The summed E-state index contributed by atoms with van der Waals surface area (Å²) < 4.78 is 27.6. The van der Waals surface area contributed by atoms with Crippen LogP contribution in [-0.2, 0) is 22.0 Å². The molecule has 0 aliphatic rings. The Balaban J connectivity index is 1.70. The predicted octanol–water partition coefficient (Wildman–Crippen LogP) is 3.98. The maximum Gasteiger partial charge on any atom is 0.240 e. The number of hydrogen-bond acceptors (Lipinski definition) is 5. The molecular formula is C19H21N3O2S2. The first kappa shape index (κ1) is 18.7. The monoisotopic (exact) mass is 387 g/mol. The summed E-state index contributed by atoms with van der Waals surface area (Å²) in [5.41, 5.74) is 2.79. The summed E-state index contributed by atoms with van der Waals surface area (Å²) >= 11 is 1.42. The molecule has 1 aromatic carbocycles. The van der Waals surface area contributed by atoms with Gasteiger partial charge in [0.1, 0.15) is 5.01 Å². The SMILES string of the molecule is CC(C)(C)c1ccc(S(=O)(=O)NCc2nc(-c3cccnc3)cs2)cc1. The van der Waals surface area contributed by atoms with Crippen LogP contribution < -0.4 is 4.72 Å². The maximum atomic E-state index is 12.5. The number of nitrogens with zero attached hydrogens (tertiary/aromatic N) is 2. The number of pyridine rings is 1. The summed E-state index contributed by atoms with van der Waals surface area (Å²) in [6.45, 7) is 6.44. The van der Waals surface area contributed by atoms with Gasteiger partial charge in [0, 0.05) is 23.3 Å². The van der Waals surface area contributed by atoms with E-state index in [0.29, 0.717) is 5.01 Å².